The van der Waals surface area contributed by atoms with Crippen molar-refractivity contribution in [2.75, 3.05) is 20.2 Å². The van der Waals surface area contributed by atoms with Gasteiger partial charge >= 0.3 is 0 Å². The van der Waals surface area contributed by atoms with Gasteiger partial charge in [-0.2, -0.15) is 5.10 Å². The number of piperidine rings is 1. The molecule has 3 heterocycles. The summed E-state index contributed by atoms with van der Waals surface area (Å²) in [6.07, 6.45) is 2.24. The number of halogens is 2. The van der Waals surface area contributed by atoms with Gasteiger partial charge in [0.05, 0.1) is 12.1 Å². The van der Waals surface area contributed by atoms with Crippen LogP contribution in [0.25, 0.3) is 11.4 Å². The van der Waals surface area contributed by atoms with Crippen LogP contribution in [0.3, 0.4) is 0 Å². The molecule has 2 aliphatic rings. The average molecular weight is 470 g/mol. The maximum absolute atomic E-state index is 13.5. The zero-order valence-electron chi connectivity index (χ0n) is 18.4. The quantitative estimate of drug-likeness (QED) is 0.633. The molecule has 0 saturated carbocycles. The number of ether oxygens (including phenoxy) is 1. The molecule has 1 aromatic heterocycles. The Bertz CT molecular complexity index is 1170. The van der Waals surface area contributed by atoms with Crippen LogP contribution >= 0.6 is 11.6 Å². The molecule has 5 rings (SSSR count). The molecular weight excluding hydrogens is 445 g/mol. The summed E-state index contributed by atoms with van der Waals surface area (Å²) in [7, 11) is 1.63. The van der Waals surface area contributed by atoms with Crippen LogP contribution in [-0.4, -0.2) is 51.3 Å². The normalized spacial score (nSPS) is 18.0. The molecule has 1 N–H and O–H groups in total. The van der Waals surface area contributed by atoms with Gasteiger partial charge in [-0.25, -0.2) is 14.1 Å². The van der Waals surface area contributed by atoms with Crippen molar-refractivity contribution in [3.05, 3.63) is 64.7 Å². The summed E-state index contributed by atoms with van der Waals surface area (Å²) in [6, 6.07) is 12.4. The largest absolute Gasteiger partial charge is 0.497 e. The Hall–Kier alpha value is -2.97. The molecule has 0 bridgehead atoms. The van der Waals surface area contributed by atoms with E-state index in [1.807, 2.05) is 24.3 Å². The summed E-state index contributed by atoms with van der Waals surface area (Å²) in [4.78, 5) is 19.8. The van der Waals surface area contributed by atoms with Crippen molar-refractivity contribution in [2.24, 2.45) is 0 Å². The highest BCUT2D eigenvalue weighted by Crippen LogP contribution is 2.30. The minimum atomic E-state index is -0.405. The van der Waals surface area contributed by atoms with Gasteiger partial charge in [-0.1, -0.05) is 17.7 Å². The highest BCUT2D eigenvalue weighted by Gasteiger charge is 2.39. The van der Waals surface area contributed by atoms with Crippen LogP contribution in [0.4, 0.5) is 4.39 Å². The van der Waals surface area contributed by atoms with E-state index in [0.29, 0.717) is 18.8 Å². The predicted octanol–water partition coefficient (Wildman–Crippen LogP) is 3.45. The van der Waals surface area contributed by atoms with Crippen LogP contribution in [0.2, 0.25) is 5.02 Å². The molecule has 0 aliphatic carbocycles. The molecule has 33 heavy (non-hydrogen) atoms. The standard InChI is InChI=1S/C24H25ClFN5O2/c1-33-18-5-3-17(4-6-18)23-27-21-13-24(28-22(32)15-31(21)29-23)8-10-30(11-9-24)14-16-2-7-20(26)19(25)12-16/h2-7,12H,8-11,13-15H2,1H3,(H,28,32). The highest BCUT2D eigenvalue weighted by molar-refractivity contribution is 6.30. The molecule has 0 radical (unpaired) electrons. The van der Waals surface area contributed by atoms with Crippen molar-refractivity contribution >= 4 is 17.5 Å². The van der Waals surface area contributed by atoms with Crippen LogP contribution in [0.5, 0.6) is 5.75 Å². The first-order valence-electron chi connectivity index (χ1n) is 11.0. The molecule has 2 aliphatic heterocycles. The van der Waals surface area contributed by atoms with Gasteiger partial charge in [-0.3, -0.25) is 9.69 Å². The van der Waals surface area contributed by atoms with E-state index in [1.165, 1.54) is 6.07 Å². The fraction of sp³-hybridized carbons (Fsp3) is 0.375. The number of carbonyl (C=O) groups is 1. The number of aromatic nitrogens is 3. The zero-order chi connectivity index (χ0) is 23.0. The van der Waals surface area contributed by atoms with Gasteiger partial charge in [0, 0.05) is 37.2 Å². The number of nitrogens with zero attached hydrogens (tertiary/aromatic N) is 4. The van der Waals surface area contributed by atoms with E-state index in [9.17, 15) is 9.18 Å². The Labute approximate surface area is 196 Å². The van der Waals surface area contributed by atoms with E-state index in [-0.39, 0.29) is 23.0 Å². The summed E-state index contributed by atoms with van der Waals surface area (Å²) in [6.45, 7) is 2.49. The third kappa shape index (κ3) is 4.58. The van der Waals surface area contributed by atoms with Gasteiger partial charge in [0.1, 0.15) is 23.9 Å². The van der Waals surface area contributed by atoms with Gasteiger partial charge in [0.25, 0.3) is 0 Å². The monoisotopic (exact) mass is 469 g/mol. The van der Waals surface area contributed by atoms with Gasteiger partial charge < -0.3 is 10.1 Å². The second-order valence-corrected chi connectivity index (χ2v) is 9.17. The smallest absolute Gasteiger partial charge is 0.242 e. The molecule has 7 nitrogen and oxygen atoms in total. The van der Waals surface area contributed by atoms with Gasteiger partial charge in [-0.15, -0.1) is 0 Å². The highest BCUT2D eigenvalue weighted by atomic mass is 35.5. The Morgan fingerprint density at radius 1 is 1.18 bits per heavy atom. The Morgan fingerprint density at radius 2 is 1.94 bits per heavy atom. The first kappa shape index (κ1) is 21.9. The SMILES string of the molecule is COc1ccc(-c2nc3n(n2)CC(=O)NC2(CCN(Cc4ccc(F)c(Cl)c4)CC2)C3)cc1. The molecule has 2 aromatic carbocycles. The molecule has 1 fully saturated rings. The fourth-order valence-corrected chi connectivity index (χ4v) is 4.85. The van der Waals surface area contributed by atoms with Crippen molar-refractivity contribution in [1.82, 2.24) is 25.0 Å². The molecule has 0 atom stereocenters. The van der Waals surface area contributed by atoms with Crippen LogP contribution in [0.15, 0.2) is 42.5 Å². The number of hydrogen-bond acceptors (Lipinski definition) is 5. The summed E-state index contributed by atoms with van der Waals surface area (Å²) in [5, 5.41) is 7.99. The molecule has 1 spiro atoms. The molecule has 0 unspecified atom stereocenters. The lowest BCUT2D eigenvalue weighted by Gasteiger charge is -2.41. The summed E-state index contributed by atoms with van der Waals surface area (Å²) < 4.78 is 20.4. The second kappa shape index (κ2) is 8.76. The van der Waals surface area contributed by atoms with Crippen molar-refractivity contribution in [1.29, 1.82) is 0 Å². The first-order valence-corrected chi connectivity index (χ1v) is 11.4. The van der Waals surface area contributed by atoms with Crippen molar-refractivity contribution < 1.29 is 13.9 Å². The number of methoxy groups -OCH3 is 1. The summed E-state index contributed by atoms with van der Waals surface area (Å²) >= 11 is 5.93. The number of carbonyl (C=O) groups excluding carboxylic acids is 1. The van der Waals surface area contributed by atoms with Crippen molar-refractivity contribution in [3.63, 3.8) is 0 Å². The summed E-state index contributed by atoms with van der Waals surface area (Å²) in [5.74, 6) is 1.75. The lowest BCUT2D eigenvalue weighted by Crippen LogP contribution is -2.56. The third-order valence-electron chi connectivity index (χ3n) is 6.49. The predicted molar refractivity (Wildman–Crippen MR) is 123 cm³/mol. The minimum Gasteiger partial charge on any atom is -0.497 e. The molecular formula is C24H25ClFN5O2. The lowest BCUT2D eigenvalue weighted by atomic mass is 9.84. The molecule has 172 valence electrons. The second-order valence-electron chi connectivity index (χ2n) is 8.77. The maximum atomic E-state index is 13.5. The van der Waals surface area contributed by atoms with E-state index in [1.54, 1.807) is 23.9 Å². The summed E-state index contributed by atoms with van der Waals surface area (Å²) in [5.41, 5.74) is 1.52. The number of benzene rings is 2. The molecule has 1 amide bonds. The number of nitrogens with one attached hydrogen (secondary N) is 1. The van der Waals surface area contributed by atoms with Crippen LogP contribution in [0, 0.1) is 5.82 Å². The number of amides is 1. The number of fused-ring (bicyclic) bond motifs is 1. The third-order valence-corrected chi connectivity index (χ3v) is 6.78. The number of likely N-dealkylation sites (tertiary alicyclic amines) is 1. The Kier molecular flexibility index (Phi) is 5.80. The molecule has 9 heteroatoms. The van der Waals surface area contributed by atoms with E-state index in [2.05, 4.69) is 15.3 Å². The first-order chi connectivity index (χ1) is 15.9. The average Bonchev–Trinajstić information content (AvgIpc) is 3.14. The fourth-order valence-electron chi connectivity index (χ4n) is 4.65. The Morgan fingerprint density at radius 3 is 2.64 bits per heavy atom. The van der Waals surface area contributed by atoms with Crippen LogP contribution < -0.4 is 10.1 Å². The lowest BCUT2D eigenvalue weighted by molar-refractivity contribution is -0.123. The van der Waals surface area contributed by atoms with Crippen LogP contribution in [0.1, 0.15) is 24.2 Å². The topological polar surface area (TPSA) is 72.3 Å². The van der Waals surface area contributed by atoms with E-state index in [0.717, 1.165) is 48.6 Å². The Balaban J connectivity index is 1.30. The number of rotatable bonds is 4. The van der Waals surface area contributed by atoms with E-state index < -0.39 is 5.82 Å². The van der Waals surface area contributed by atoms with E-state index in [4.69, 9.17) is 21.3 Å². The van der Waals surface area contributed by atoms with Gasteiger partial charge in [0.2, 0.25) is 5.91 Å². The van der Waals surface area contributed by atoms with Crippen molar-refractivity contribution in [3.8, 4) is 17.1 Å². The van der Waals surface area contributed by atoms with Crippen LogP contribution in [-0.2, 0) is 24.3 Å². The molecule has 1 saturated heterocycles. The van der Waals surface area contributed by atoms with E-state index >= 15 is 0 Å². The van der Waals surface area contributed by atoms with Crippen molar-refractivity contribution in [2.45, 2.75) is 37.9 Å². The zero-order valence-corrected chi connectivity index (χ0v) is 19.1. The molecule has 3 aromatic rings. The minimum absolute atomic E-state index is 0.0429. The number of hydrogen-bond donors (Lipinski definition) is 1. The maximum Gasteiger partial charge on any atom is 0.242 e. The van der Waals surface area contributed by atoms with Gasteiger partial charge in [0.15, 0.2) is 5.82 Å². The van der Waals surface area contributed by atoms with Gasteiger partial charge in [-0.05, 0) is 54.8 Å².